The zero-order valence-electron chi connectivity index (χ0n) is 12.6. The molecule has 1 aliphatic carbocycles. The second kappa shape index (κ2) is 6.53. The SMILES string of the molecule is CNc1ccc(C(=O)NCC2(SC)CCCC2)c(C)c1. The third kappa shape index (κ3) is 3.29. The van der Waals surface area contributed by atoms with Gasteiger partial charge < -0.3 is 10.6 Å². The van der Waals surface area contributed by atoms with E-state index >= 15 is 0 Å². The molecule has 0 spiro atoms. The van der Waals surface area contributed by atoms with Crippen molar-refractivity contribution in [2.24, 2.45) is 0 Å². The van der Waals surface area contributed by atoms with E-state index in [1.807, 2.05) is 43.9 Å². The summed E-state index contributed by atoms with van der Waals surface area (Å²) in [6.45, 7) is 2.76. The molecule has 3 nitrogen and oxygen atoms in total. The van der Waals surface area contributed by atoms with Crippen LogP contribution in [0.2, 0.25) is 0 Å². The van der Waals surface area contributed by atoms with Crippen LogP contribution in [0.5, 0.6) is 0 Å². The second-order valence-corrected chi connectivity index (χ2v) is 6.83. The number of hydrogen-bond acceptors (Lipinski definition) is 3. The average molecular weight is 292 g/mol. The Bertz CT molecular complexity index is 481. The van der Waals surface area contributed by atoms with Crippen LogP contribution in [0.15, 0.2) is 18.2 Å². The van der Waals surface area contributed by atoms with Gasteiger partial charge in [-0.15, -0.1) is 0 Å². The Kier molecular flexibility index (Phi) is 4.97. The third-order valence-corrected chi connectivity index (χ3v) is 5.70. The molecular weight excluding hydrogens is 268 g/mol. The fourth-order valence-corrected chi connectivity index (χ4v) is 3.80. The van der Waals surface area contributed by atoms with Crippen LogP contribution in [0.3, 0.4) is 0 Å². The number of carbonyl (C=O) groups excluding carboxylic acids is 1. The first-order valence-corrected chi connectivity index (χ1v) is 8.44. The lowest BCUT2D eigenvalue weighted by atomic mass is 10.1. The van der Waals surface area contributed by atoms with Gasteiger partial charge in [-0.2, -0.15) is 11.8 Å². The van der Waals surface area contributed by atoms with Crippen LogP contribution in [0.4, 0.5) is 5.69 Å². The van der Waals surface area contributed by atoms with Crippen molar-refractivity contribution in [2.75, 3.05) is 25.2 Å². The summed E-state index contributed by atoms with van der Waals surface area (Å²) in [7, 11) is 1.89. The standard InChI is InChI=1S/C16H24N2OS/c1-12-10-13(17-2)6-7-14(12)15(19)18-11-16(20-3)8-4-5-9-16/h6-7,10,17H,4-5,8-9,11H2,1-3H3,(H,18,19). The van der Waals surface area contributed by atoms with Crippen LogP contribution >= 0.6 is 11.8 Å². The Morgan fingerprint density at radius 2 is 2.05 bits per heavy atom. The molecule has 0 bridgehead atoms. The number of thioether (sulfide) groups is 1. The van der Waals surface area contributed by atoms with Gasteiger partial charge in [-0.1, -0.05) is 12.8 Å². The molecule has 1 fully saturated rings. The Hall–Kier alpha value is -1.16. The molecule has 0 aromatic heterocycles. The van der Waals surface area contributed by atoms with Gasteiger partial charge in [0, 0.05) is 29.6 Å². The van der Waals surface area contributed by atoms with E-state index in [9.17, 15) is 4.79 Å². The van der Waals surface area contributed by atoms with Gasteiger partial charge in [-0.25, -0.2) is 0 Å². The lowest BCUT2D eigenvalue weighted by Crippen LogP contribution is -2.38. The maximum atomic E-state index is 12.3. The summed E-state index contributed by atoms with van der Waals surface area (Å²) >= 11 is 1.90. The maximum absolute atomic E-state index is 12.3. The fourth-order valence-electron chi connectivity index (χ4n) is 2.88. The molecule has 110 valence electrons. The normalized spacial score (nSPS) is 16.9. The summed E-state index contributed by atoms with van der Waals surface area (Å²) in [4.78, 5) is 12.3. The summed E-state index contributed by atoms with van der Waals surface area (Å²) in [5, 5.41) is 6.22. The topological polar surface area (TPSA) is 41.1 Å². The molecule has 1 aromatic carbocycles. The van der Waals surface area contributed by atoms with Gasteiger partial charge in [0.05, 0.1) is 0 Å². The van der Waals surface area contributed by atoms with Gasteiger partial charge in [-0.3, -0.25) is 4.79 Å². The van der Waals surface area contributed by atoms with Gasteiger partial charge in [-0.05, 0) is 49.8 Å². The van der Waals surface area contributed by atoms with Crippen LogP contribution in [0, 0.1) is 6.92 Å². The van der Waals surface area contributed by atoms with Gasteiger partial charge in [0.25, 0.3) is 5.91 Å². The molecule has 1 amide bonds. The quantitative estimate of drug-likeness (QED) is 0.873. The molecule has 1 aromatic rings. The minimum atomic E-state index is 0.0467. The number of aryl methyl sites for hydroxylation is 1. The molecule has 0 radical (unpaired) electrons. The number of rotatable bonds is 5. The molecular formula is C16H24N2OS. The molecule has 0 saturated heterocycles. The number of nitrogens with one attached hydrogen (secondary N) is 2. The van der Waals surface area contributed by atoms with Crippen LogP contribution in [0.1, 0.15) is 41.6 Å². The van der Waals surface area contributed by atoms with Crippen LogP contribution in [-0.4, -0.2) is 30.5 Å². The van der Waals surface area contributed by atoms with Crippen LogP contribution in [0.25, 0.3) is 0 Å². The number of hydrogen-bond donors (Lipinski definition) is 2. The predicted molar refractivity (Wildman–Crippen MR) is 87.8 cm³/mol. The molecule has 0 unspecified atom stereocenters. The third-order valence-electron chi connectivity index (χ3n) is 4.28. The number of carbonyl (C=O) groups is 1. The highest BCUT2D eigenvalue weighted by Gasteiger charge is 2.33. The van der Waals surface area contributed by atoms with E-state index in [0.29, 0.717) is 0 Å². The highest BCUT2D eigenvalue weighted by atomic mass is 32.2. The van der Waals surface area contributed by atoms with E-state index < -0.39 is 0 Å². The van der Waals surface area contributed by atoms with Gasteiger partial charge in [0.1, 0.15) is 0 Å². The Balaban J connectivity index is 2.01. The first-order chi connectivity index (χ1) is 9.60. The van der Waals surface area contributed by atoms with E-state index in [2.05, 4.69) is 16.9 Å². The van der Waals surface area contributed by atoms with Gasteiger partial charge >= 0.3 is 0 Å². The number of anilines is 1. The van der Waals surface area contributed by atoms with Crippen molar-refractivity contribution < 1.29 is 4.79 Å². The van der Waals surface area contributed by atoms with Crippen molar-refractivity contribution in [3.05, 3.63) is 29.3 Å². The van der Waals surface area contributed by atoms with Crippen molar-refractivity contribution in [3.8, 4) is 0 Å². The second-order valence-electron chi connectivity index (χ2n) is 5.56. The minimum Gasteiger partial charge on any atom is -0.388 e. The largest absolute Gasteiger partial charge is 0.388 e. The smallest absolute Gasteiger partial charge is 0.251 e. The van der Waals surface area contributed by atoms with Crippen LogP contribution in [-0.2, 0) is 0 Å². The first-order valence-electron chi connectivity index (χ1n) is 7.22. The van der Waals surface area contributed by atoms with Crippen molar-refractivity contribution in [1.82, 2.24) is 5.32 Å². The molecule has 2 N–H and O–H groups in total. The monoisotopic (exact) mass is 292 g/mol. The Morgan fingerprint density at radius 1 is 1.35 bits per heavy atom. The van der Waals surface area contributed by atoms with Crippen molar-refractivity contribution in [2.45, 2.75) is 37.4 Å². The fraction of sp³-hybridized carbons (Fsp3) is 0.562. The Morgan fingerprint density at radius 3 is 2.60 bits per heavy atom. The summed E-state index contributed by atoms with van der Waals surface area (Å²) in [5.74, 6) is 0.0467. The summed E-state index contributed by atoms with van der Waals surface area (Å²) in [5.41, 5.74) is 2.83. The van der Waals surface area contributed by atoms with Crippen molar-refractivity contribution in [1.29, 1.82) is 0 Å². The molecule has 2 rings (SSSR count). The summed E-state index contributed by atoms with van der Waals surface area (Å²) in [6, 6.07) is 5.85. The zero-order valence-corrected chi connectivity index (χ0v) is 13.4. The molecule has 0 atom stereocenters. The van der Waals surface area contributed by atoms with E-state index in [-0.39, 0.29) is 10.7 Å². The first kappa shape index (κ1) is 15.2. The lowest BCUT2D eigenvalue weighted by molar-refractivity contribution is 0.0949. The number of amides is 1. The maximum Gasteiger partial charge on any atom is 0.251 e. The van der Waals surface area contributed by atoms with Crippen molar-refractivity contribution >= 4 is 23.4 Å². The highest BCUT2D eigenvalue weighted by molar-refractivity contribution is 8.00. The van der Waals surface area contributed by atoms with E-state index in [1.165, 1.54) is 25.7 Å². The van der Waals surface area contributed by atoms with Crippen LogP contribution < -0.4 is 10.6 Å². The van der Waals surface area contributed by atoms with Crippen molar-refractivity contribution in [3.63, 3.8) is 0 Å². The molecule has 0 aliphatic heterocycles. The van der Waals surface area contributed by atoms with E-state index in [0.717, 1.165) is 23.4 Å². The molecule has 1 aliphatic rings. The lowest BCUT2D eigenvalue weighted by Gasteiger charge is -2.27. The Labute approximate surface area is 125 Å². The minimum absolute atomic E-state index is 0.0467. The average Bonchev–Trinajstić information content (AvgIpc) is 2.94. The van der Waals surface area contributed by atoms with Gasteiger partial charge in [0.2, 0.25) is 0 Å². The highest BCUT2D eigenvalue weighted by Crippen LogP contribution is 2.39. The van der Waals surface area contributed by atoms with E-state index in [1.54, 1.807) is 0 Å². The number of benzene rings is 1. The summed E-state index contributed by atoms with van der Waals surface area (Å²) in [6.07, 6.45) is 7.15. The molecule has 0 heterocycles. The zero-order chi connectivity index (χ0) is 14.6. The molecule has 20 heavy (non-hydrogen) atoms. The molecule has 4 heteroatoms. The molecule has 1 saturated carbocycles. The summed E-state index contributed by atoms with van der Waals surface area (Å²) < 4.78 is 0.258. The predicted octanol–water partition coefficient (Wildman–Crippen LogP) is 3.44. The van der Waals surface area contributed by atoms with E-state index in [4.69, 9.17) is 0 Å². The van der Waals surface area contributed by atoms with Gasteiger partial charge in [0.15, 0.2) is 0 Å².